The molecule has 3 aromatic carbocycles. The highest BCUT2D eigenvalue weighted by Gasteiger charge is 2.27. The molecule has 6 nitrogen and oxygen atoms in total. The number of ether oxygens (including phenoxy) is 1. The number of halogens is 1. The predicted molar refractivity (Wildman–Crippen MR) is 126 cm³/mol. The maximum absolute atomic E-state index is 13.4. The minimum absolute atomic E-state index is 0.0568. The summed E-state index contributed by atoms with van der Waals surface area (Å²) in [6.45, 7) is 1.81. The molecule has 3 rings (SSSR count). The van der Waals surface area contributed by atoms with Crippen LogP contribution in [0.2, 0.25) is 0 Å². The van der Waals surface area contributed by atoms with Crippen LogP contribution < -0.4 is 14.4 Å². The van der Waals surface area contributed by atoms with Gasteiger partial charge in [-0.25, -0.2) is 12.8 Å². The van der Waals surface area contributed by atoms with Gasteiger partial charge in [0.25, 0.3) is 10.0 Å². The number of nitrogens with zero attached hydrogens (tertiary/aromatic N) is 1. The Balaban J connectivity index is 1.70. The highest BCUT2D eigenvalue weighted by Crippen LogP contribution is 2.24. The number of aryl methyl sites for hydroxylation is 2. The quantitative estimate of drug-likeness (QED) is 0.453. The summed E-state index contributed by atoms with van der Waals surface area (Å²) in [4.78, 5) is 12.7. The number of benzene rings is 3. The fraction of sp³-hybridized carbons (Fsp3) is 0.240. The second kappa shape index (κ2) is 11.0. The van der Waals surface area contributed by atoms with Gasteiger partial charge in [0.15, 0.2) is 0 Å². The van der Waals surface area contributed by atoms with Crippen LogP contribution in [0.5, 0.6) is 5.75 Å². The Morgan fingerprint density at radius 2 is 1.67 bits per heavy atom. The van der Waals surface area contributed by atoms with Gasteiger partial charge in [-0.15, -0.1) is 0 Å². The van der Waals surface area contributed by atoms with E-state index in [1.165, 1.54) is 24.3 Å². The zero-order valence-corrected chi connectivity index (χ0v) is 19.4. The van der Waals surface area contributed by atoms with E-state index in [1.54, 1.807) is 19.2 Å². The molecule has 0 saturated carbocycles. The molecule has 33 heavy (non-hydrogen) atoms. The van der Waals surface area contributed by atoms with Crippen molar-refractivity contribution in [3.63, 3.8) is 0 Å². The number of rotatable bonds is 10. The summed E-state index contributed by atoms with van der Waals surface area (Å²) in [5, 5.41) is 2.77. The van der Waals surface area contributed by atoms with Crippen LogP contribution in [0.4, 0.5) is 10.1 Å². The molecule has 0 bridgehead atoms. The molecular weight excluding hydrogens is 443 g/mol. The number of hydrogen-bond donors (Lipinski definition) is 1. The minimum Gasteiger partial charge on any atom is -0.496 e. The zero-order valence-electron chi connectivity index (χ0n) is 18.6. The number of methoxy groups -OCH3 is 1. The van der Waals surface area contributed by atoms with Crippen LogP contribution in [0.1, 0.15) is 17.5 Å². The summed E-state index contributed by atoms with van der Waals surface area (Å²) in [5.41, 5.74) is 2.15. The van der Waals surface area contributed by atoms with E-state index in [0.717, 1.165) is 33.3 Å². The smallest absolute Gasteiger partial charge is 0.264 e. The molecule has 3 aromatic rings. The first-order valence-electron chi connectivity index (χ1n) is 10.5. The van der Waals surface area contributed by atoms with Crippen LogP contribution in [0.15, 0.2) is 77.7 Å². The van der Waals surface area contributed by atoms with Crippen LogP contribution in [0, 0.1) is 12.7 Å². The predicted octanol–water partition coefficient (Wildman–Crippen LogP) is 4.09. The average molecular weight is 471 g/mol. The molecular formula is C25H27FN2O4S. The van der Waals surface area contributed by atoms with Crippen LogP contribution in [-0.4, -0.2) is 34.5 Å². The highest BCUT2D eigenvalue weighted by atomic mass is 32.2. The zero-order chi connectivity index (χ0) is 23.8. The number of sulfonamides is 1. The van der Waals surface area contributed by atoms with Crippen LogP contribution in [-0.2, 0) is 21.2 Å². The van der Waals surface area contributed by atoms with Gasteiger partial charge in [0.05, 0.1) is 17.7 Å². The molecule has 0 aromatic heterocycles. The van der Waals surface area contributed by atoms with Crippen LogP contribution >= 0.6 is 0 Å². The molecule has 0 aliphatic heterocycles. The van der Waals surface area contributed by atoms with E-state index >= 15 is 0 Å². The topological polar surface area (TPSA) is 75.7 Å². The Morgan fingerprint density at radius 1 is 1.00 bits per heavy atom. The summed E-state index contributed by atoms with van der Waals surface area (Å²) in [5.74, 6) is -0.155. The van der Waals surface area contributed by atoms with Gasteiger partial charge in [-0.05, 0) is 67.8 Å². The molecule has 1 amide bonds. The number of nitrogens with one attached hydrogen (secondary N) is 1. The molecule has 0 aliphatic rings. The molecule has 0 unspecified atom stereocenters. The number of amides is 1. The molecule has 0 heterocycles. The molecule has 0 saturated heterocycles. The molecule has 0 aliphatic carbocycles. The SMILES string of the molecule is COc1ccccc1CCCNC(=O)CN(c1ccc(F)cc1)S(=O)(=O)c1ccc(C)cc1. The standard InChI is InChI=1S/C25H27FN2O4S/c1-19-9-15-23(16-10-19)33(30,31)28(22-13-11-21(26)12-14-22)18-25(29)27-17-5-7-20-6-3-4-8-24(20)32-2/h3-4,6,8-16H,5,7,17-18H2,1-2H3,(H,27,29). The van der Waals surface area contributed by atoms with Gasteiger partial charge in [0.2, 0.25) is 5.91 Å². The number of carbonyl (C=O) groups excluding carboxylic acids is 1. The molecule has 0 atom stereocenters. The van der Waals surface area contributed by atoms with E-state index < -0.39 is 28.3 Å². The van der Waals surface area contributed by atoms with Crippen molar-refractivity contribution in [3.05, 3.63) is 89.7 Å². The Kier molecular flexibility index (Phi) is 8.06. The normalized spacial score (nSPS) is 11.1. The molecule has 8 heteroatoms. The van der Waals surface area contributed by atoms with Crippen molar-refractivity contribution in [3.8, 4) is 5.75 Å². The molecule has 174 valence electrons. The highest BCUT2D eigenvalue weighted by molar-refractivity contribution is 7.92. The van der Waals surface area contributed by atoms with E-state index in [9.17, 15) is 17.6 Å². The molecule has 1 N–H and O–H groups in total. The van der Waals surface area contributed by atoms with Crippen LogP contribution in [0.25, 0.3) is 0 Å². The van der Waals surface area contributed by atoms with E-state index in [0.29, 0.717) is 19.4 Å². The van der Waals surface area contributed by atoms with Crippen molar-refractivity contribution in [2.24, 2.45) is 0 Å². The maximum atomic E-state index is 13.4. The van der Waals surface area contributed by atoms with Crippen molar-refractivity contribution < 1.29 is 22.3 Å². The lowest BCUT2D eigenvalue weighted by atomic mass is 10.1. The third kappa shape index (κ3) is 6.32. The second-order valence-electron chi connectivity index (χ2n) is 7.57. The molecule has 0 radical (unpaired) electrons. The van der Waals surface area contributed by atoms with Crippen molar-refractivity contribution in [1.29, 1.82) is 0 Å². The maximum Gasteiger partial charge on any atom is 0.264 e. The number of hydrogen-bond acceptors (Lipinski definition) is 4. The fourth-order valence-electron chi connectivity index (χ4n) is 3.36. The Labute approximate surface area is 194 Å². The van der Waals surface area contributed by atoms with Gasteiger partial charge in [-0.3, -0.25) is 9.10 Å². The van der Waals surface area contributed by atoms with Gasteiger partial charge in [-0.1, -0.05) is 35.9 Å². The van der Waals surface area contributed by atoms with E-state index in [-0.39, 0.29) is 10.6 Å². The van der Waals surface area contributed by atoms with Gasteiger partial charge in [0, 0.05) is 6.54 Å². The fourth-order valence-corrected chi connectivity index (χ4v) is 4.78. The summed E-state index contributed by atoms with van der Waals surface area (Å²) >= 11 is 0. The first kappa shape index (κ1) is 24.3. The van der Waals surface area contributed by atoms with Crippen LogP contribution in [0.3, 0.4) is 0 Å². The number of para-hydroxylation sites is 1. The summed E-state index contributed by atoms with van der Waals surface area (Å²) in [6.07, 6.45) is 1.36. The van der Waals surface area contributed by atoms with Crippen molar-refractivity contribution >= 4 is 21.6 Å². The van der Waals surface area contributed by atoms with Crippen molar-refractivity contribution in [1.82, 2.24) is 5.32 Å². The van der Waals surface area contributed by atoms with Gasteiger partial charge >= 0.3 is 0 Å². The molecule has 0 spiro atoms. The molecule has 0 fully saturated rings. The van der Waals surface area contributed by atoms with E-state index in [4.69, 9.17) is 4.74 Å². The van der Waals surface area contributed by atoms with E-state index in [2.05, 4.69) is 5.32 Å². The number of carbonyl (C=O) groups is 1. The average Bonchev–Trinajstić information content (AvgIpc) is 2.81. The van der Waals surface area contributed by atoms with Gasteiger partial charge in [-0.2, -0.15) is 0 Å². The van der Waals surface area contributed by atoms with Crippen molar-refractivity contribution in [2.45, 2.75) is 24.7 Å². The van der Waals surface area contributed by atoms with Gasteiger partial charge < -0.3 is 10.1 Å². The lowest BCUT2D eigenvalue weighted by Gasteiger charge is -2.24. The van der Waals surface area contributed by atoms with E-state index in [1.807, 2.05) is 31.2 Å². The van der Waals surface area contributed by atoms with Gasteiger partial charge in [0.1, 0.15) is 18.1 Å². The third-order valence-corrected chi connectivity index (χ3v) is 6.94. The summed E-state index contributed by atoms with van der Waals surface area (Å²) in [7, 11) is -2.42. The lowest BCUT2D eigenvalue weighted by molar-refractivity contribution is -0.119. The first-order valence-corrected chi connectivity index (χ1v) is 12.0. The largest absolute Gasteiger partial charge is 0.496 e. The summed E-state index contributed by atoms with van der Waals surface area (Å²) in [6, 6.07) is 19.0. The van der Waals surface area contributed by atoms with Crippen molar-refractivity contribution in [2.75, 3.05) is 24.5 Å². The second-order valence-corrected chi connectivity index (χ2v) is 9.43. The first-order chi connectivity index (χ1) is 15.8. The minimum atomic E-state index is -4.03. The Morgan fingerprint density at radius 3 is 2.33 bits per heavy atom. The summed E-state index contributed by atoms with van der Waals surface area (Å²) < 4.78 is 46.3. The monoisotopic (exact) mass is 470 g/mol. The number of anilines is 1. The Hall–Kier alpha value is -3.39. The lowest BCUT2D eigenvalue weighted by Crippen LogP contribution is -2.41. The third-order valence-electron chi connectivity index (χ3n) is 5.15. The Bertz CT molecular complexity index is 1180.